The van der Waals surface area contributed by atoms with Crippen LogP contribution in [0.15, 0.2) is 10.5 Å². The number of nitrogens with one attached hydrogen (secondary N) is 1. The van der Waals surface area contributed by atoms with Crippen molar-refractivity contribution in [1.29, 1.82) is 0 Å². The quantitative estimate of drug-likeness (QED) is 0.622. The Labute approximate surface area is 118 Å². The molecule has 0 atom stereocenters. The molecule has 0 saturated heterocycles. The highest BCUT2D eigenvalue weighted by molar-refractivity contribution is 9.10. The number of halogens is 3. The maximum atomic E-state index is 13.9. The van der Waals surface area contributed by atoms with E-state index in [1.807, 2.05) is 0 Å². The highest BCUT2D eigenvalue weighted by atomic mass is 79.9. The minimum absolute atomic E-state index is 0.107. The summed E-state index contributed by atoms with van der Waals surface area (Å²) in [6.45, 7) is 4.98. The number of amides is 1. The van der Waals surface area contributed by atoms with Crippen molar-refractivity contribution in [3.63, 3.8) is 0 Å². The summed E-state index contributed by atoms with van der Waals surface area (Å²) in [4.78, 5) is 11.6. The smallest absolute Gasteiger partial charge is 0.412 e. The summed E-state index contributed by atoms with van der Waals surface area (Å²) in [5, 5.41) is 2.18. The first-order chi connectivity index (χ1) is 8.65. The van der Waals surface area contributed by atoms with E-state index in [2.05, 4.69) is 27.2 Å². The van der Waals surface area contributed by atoms with E-state index in [0.29, 0.717) is 0 Å². The Hall–Kier alpha value is -1.61. The van der Waals surface area contributed by atoms with E-state index < -0.39 is 27.8 Å². The van der Waals surface area contributed by atoms with Crippen molar-refractivity contribution < 1.29 is 18.3 Å². The number of anilines is 1. The Kier molecular flexibility index (Phi) is 4.53. The Morgan fingerprint density at radius 3 is 2.53 bits per heavy atom. The number of carbonyl (C=O) groups excluding carboxylic acids is 1. The first-order valence-electron chi connectivity index (χ1n) is 5.30. The van der Waals surface area contributed by atoms with E-state index in [4.69, 9.17) is 11.2 Å². The lowest BCUT2D eigenvalue weighted by molar-refractivity contribution is 0.0635. The topological polar surface area (TPSA) is 38.3 Å². The largest absolute Gasteiger partial charge is 0.444 e. The van der Waals surface area contributed by atoms with E-state index in [9.17, 15) is 13.6 Å². The van der Waals surface area contributed by atoms with Crippen LogP contribution in [-0.2, 0) is 4.74 Å². The molecular weight excluding hydrogens is 320 g/mol. The van der Waals surface area contributed by atoms with Gasteiger partial charge in [-0.15, -0.1) is 6.42 Å². The molecule has 0 aliphatic heterocycles. The van der Waals surface area contributed by atoms with Crippen molar-refractivity contribution in [3.05, 3.63) is 27.7 Å². The number of hydrogen-bond donors (Lipinski definition) is 1. The summed E-state index contributed by atoms with van der Waals surface area (Å²) in [5.41, 5.74) is -1.15. The van der Waals surface area contributed by atoms with Gasteiger partial charge in [-0.1, -0.05) is 5.92 Å². The molecule has 1 rings (SSSR count). The van der Waals surface area contributed by atoms with Crippen molar-refractivity contribution in [1.82, 2.24) is 0 Å². The van der Waals surface area contributed by atoms with Gasteiger partial charge in [0.2, 0.25) is 0 Å². The van der Waals surface area contributed by atoms with Gasteiger partial charge in [0.1, 0.15) is 11.4 Å². The average Bonchev–Trinajstić information content (AvgIpc) is 2.27. The third kappa shape index (κ3) is 3.93. The summed E-state index contributed by atoms with van der Waals surface area (Å²) in [6.07, 6.45) is 4.28. The van der Waals surface area contributed by atoms with Gasteiger partial charge in [-0.3, -0.25) is 5.32 Å². The molecule has 0 radical (unpaired) electrons. The number of hydrogen-bond acceptors (Lipinski definition) is 2. The minimum atomic E-state index is -0.987. The van der Waals surface area contributed by atoms with Crippen LogP contribution in [0.5, 0.6) is 0 Å². The van der Waals surface area contributed by atoms with Crippen molar-refractivity contribution >= 4 is 27.7 Å². The fourth-order valence-corrected chi connectivity index (χ4v) is 1.55. The van der Waals surface area contributed by atoms with Gasteiger partial charge in [0.15, 0.2) is 5.82 Å². The lowest BCUT2D eigenvalue weighted by Gasteiger charge is -2.20. The molecule has 0 unspecified atom stereocenters. The van der Waals surface area contributed by atoms with Gasteiger partial charge < -0.3 is 4.74 Å². The predicted molar refractivity (Wildman–Crippen MR) is 71.8 cm³/mol. The summed E-state index contributed by atoms with van der Waals surface area (Å²) in [7, 11) is 0. The van der Waals surface area contributed by atoms with Gasteiger partial charge in [0.05, 0.1) is 15.7 Å². The molecular formula is C13H12BrF2NO2. The molecule has 0 aliphatic rings. The number of carbonyl (C=O) groups is 1. The number of ether oxygens (including phenoxy) is 1. The third-order valence-electron chi connectivity index (χ3n) is 1.94. The molecule has 0 saturated carbocycles. The van der Waals surface area contributed by atoms with Gasteiger partial charge in [-0.05, 0) is 42.8 Å². The summed E-state index contributed by atoms with van der Waals surface area (Å²) in [6, 6.07) is 0.944. The highest BCUT2D eigenvalue weighted by Crippen LogP contribution is 2.29. The number of terminal acetylenes is 1. The standard InChI is InChI=1S/C13H12BrF2NO2/c1-5-7-6-8(15)9(14)10(16)11(7)17-12(18)19-13(2,3)4/h1,6H,2-4H3,(H,17,18). The van der Waals surface area contributed by atoms with Crippen LogP contribution >= 0.6 is 15.9 Å². The van der Waals surface area contributed by atoms with Crippen LogP contribution in [0.1, 0.15) is 26.3 Å². The van der Waals surface area contributed by atoms with Crippen molar-refractivity contribution in [2.24, 2.45) is 0 Å². The molecule has 1 N–H and O–H groups in total. The van der Waals surface area contributed by atoms with Crippen LogP contribution in [0.25, 0.3) is 0 Å². The van der Waals surface area contributed by atoms with Crippen LogP contribution in [-0.4, -0.2) is 11.7 Å². The first kappa shape index (κ1) is 15.4. The Balaban J connectivity index is 3.12. The van der Waals surface area contributed by atoms with E-state index in [0.717, 1.165) is 6.07 Å². The van der Waals surface area contributed by atoms with E-state index >= 15 is 0 Å². The van der Waals surface area contributed by atoms with Crippen LogP contribution in [0.3, 0.4) is 0 Å². The lowest BCUT2D eigenvalue weighted by Crippen LogP contribution is -2.27. The van der Waals surface area contributed by atoms with Crippen LogP contribution in [0.4, 0.5) is 19.3 Å². The monoisotopic (exact) mass is 331 g/mol. The molecule has 1 aromatic rings. The molecule has 0 fully saturated rings. The summed E-state index contributed by atoms with van der Waals surface area (Å²) < 4.78 is 31.7. The number of rotatable bonds is 1. The van der Waals surface area contributed by atoms with Crippen LogP contribution < -0.4 is 5.32 Å². The van der Waals surface area contributed by atoms with E-state index in [1.54, 1.807) is 20.8 Å². The van der Waals surface area contributed by atoms with E-state index in [-0.39, 0.29) is 11.3 Å². The Morgan fingerprint density at radius 2 is 2.05 bits per heavy atom. The molecule has 19 heavy (non-hydrogen) atoms. The Morgan fingerprint density at radius 1 is 1.47 bits per heavy atom. The summed E-state index contributed by atoms with van der Waals surface area (Å²) in [5.74, 6) is 0.267. The minimum Gasteiger partial charge on any atom is -0.444 e. The first-order valence-corrected chi connectivity index (χ1v) is 6.09. The molecule has 0 bridgehead atoms. The maximum Gasteiger partial charge on any atom is 0.412 e. The van der Waals surface area contributed by atoms with Gasteiger partial charge in [-0.25, -0.2) is 13.6 Å². The number of benzene rings is 1. The molecule has 0 aromatic heterocycles. The van der Waals surface area contributed by atoms with Crippen molar-refractivity contribution in [2.45, 2.75) is 26.4 Å². The highest BCUT2D eigenvalue weighted by Gasteiger charge is 2.21. The molecule has 0 aliphatic carbocycles. The molecule has 1 amide bonds. The van der Waals surface area contributed by atoms with Gasteiger partial charge >= 0.3 is 6.09 Å². The van der Waals surface area contributed by atoms with Gasteiger partial charge in [-0.2, -0.15) is 0 Å². The second-order valence-corrected chi connectivity index (χ2v) is 5.47. The molecule has 3 nitrogen and oxygen atoms in total. The molecule has 6 heteroatoms. The molecule has 1 aromatic carbocycles. The average molecular weight is 332 g/mol. The van der Waals surface area contributed by atoms with Crippen LogP contribution in [0, 0.1) is 24.0 Å². The fraction of sp³-hybridized carbons (Fsp3) is 0.308. The molecule has 102 valence electrons. The van der Waals surface area contributed by atoms with Gasteiger partial charge in [0, 0.05) is 0 Å². The lowest BCUT2D eigenvalue weighted by atomic mass is 10.1. The predicted octanol–water partition coefficient (Wildman–Crippen LogP) is 4.06. The zero-order valence-electron chi connectivity index (χ0n) is 10.6. The molecule has 0 spiro atoms. The van der Waals surface area contributed by atoms with Gasteiger partial charge in [0.25, 0.3) is 0 Å². The SMILES string of the molecule is C#Cc1cc(F)c(Br)c(F)c1NC(=O)OC(C)(C)C. The zero-order chi connectivity index (χ0) is 14.8. The normalized spacial score (nSPS) is 10.8. The van der Waals surface area contributed by atoms with Crippen molar-refractivity contribution in [3.8, 4) is 12.3 Å². The van der Waals surface area contributed by atoms with Crippen molar-refractivity contribution in [2.75, 3.05) is 5.32 Å². The zero-order valence-corrected chi connectivity index (χ0v) is 12.2. The molecule has 0 heterocycles. The second-order valence-electron chi connectivity index (χ2n) is 4.68. The second kappa shape index (κ2) is 5.57. The Bertz CT molecular complexity index is 559. The summed E-state index contributed by atoms with van der Waals surface area (Å²) >= 11 is 2.73. The van der Waals surface area contributed by atoms with E-state index in [1.165, 1.54) is 0 Å². The third-order valence-corrected chi connectivity index (χ3v) is 2.67. The maximum absolute atomic E-state index is 13.9. The fourth-order valence-electron chi connectivity index (χ4n) is 1.24. The van der Waals surface area contributed by atoms with Crippen LogP contribution in [0.2, 0.25) is 0 Å².